The van der Waals surface area contributed by atoms with E-state index in [1.165, 1.54) is 19.1 Å². The van der Waals surface area contributed by atoms with Crippen LogP contribution in [0.3, 0.4) is 0 Å². The molecule has 1 unspecified atom stereocenters. The minimum atomic E-state index is -4.11. The summed E-state index contributed by atoms with van der Waals surface area (Å²) in [6.45, 7) is 2.11. The van der Waals surface area contributed by atoms with Gasteiger partial charge in [-0.2, -0.15) is 13.6 Å². The topological polar surface area (TPSA) is 78.6 Å². The van der Waals surface area contributed by atoms with Crippen molar-refractivity contribution in [3.63, 3.8) is 0 Å². The zero-order valence-electron chi connectivity index (χ0n) is 16.6. The maximum Gasteiger partial charge on any atom is 0.380 e. The summed E-state index contributed by atoms with van der Waals surface area (Å²) in [5, 5.41) is 5.05. The molecule has 3 aliphatic carbocycles. The van der Waals surface area contributed by atoms with Crippen LogP contribution >= 0.6 is 0 Å². The summed E-state index contributed by atoms with van der Waals surface area (Å²) >= 11 is 0. The third-order valence-electron chi connectivity index (χ3n) is 7.84. The molecule has 0 aliphatic heterocycles. The zero-order chi connectivity index (χ0) is 20.1. The average Bonchev–Trinajstić information content (AvgIpc) is 2.64. The highest BCUT2D eigenvalue weighted by molar-refractivity contribution is 7.84. The first-order valence-corrected chi connectivity index (χ1v) is 11.7. The minimum Gasteiger partial charge on any atom is -0.493 e. The number of fused-ring (bicyclic) bond motifs is 5. The van der Waals surface area contributed by atoms with Crippen molar-refractivity contribution in [3.05, 3.63) is 23.3 Å². The summed E-state index contributed by atoms with van der Waals surface area (Å²) in [6, 6.07) is 3.71. The largest absolute Gasteiger partial charge is 0.493 e. The Morgan fingerprint density at radius 3 is 2.68 bits per heavy atom. The van der Waals surface area contributed by atoms with Crippen molar-refractivity contribution in [2.24, 2.45) is 28.3 Å². The van der Waals surface area contributed by atoms with Gasteiger partial charge in [-0.15, -0.1) is 0 Å². The third-order valence-corrected chi connectivity index (χ3v) is 8.25. The van der Waals surface area contributed by atoms with E-state index in [1.807, 2.05) is 6.07 Å². The standard InChI is InChI=1S/C21H30FNO4S/c1-21-9-8-15-16(18(21)5-3-4-14(21)12-22)7-6-13-10-20(27-28(23,24)25)19(26-2)11-17(13)15/h10-11,14-16,18H,3-9,12H2,1-2H3,(H2,23,24,25)/t14?,15-,16+,18-,21+/m0/s1. The first-order chi connectivity index (χ1) is 13.3. The Morgan fingerprint density at radius 1 is 1.21 bits per heavy atom. The Labute approximate surface area is 167 Å². The van der Waals surface area contributed by atoms with Gasteiger partial charge in [0, 0.05) is 0 Å². The van der Waals surface area contributed by atoms with Crippen LogP contribution in [0.15, 0.2) is 12.1 Å². The predicted molar refractivity (Wildman–Crippen MR) is 105 cm³/mol. The van der Waals surface area contributed by atoms with Crippen molar-refractivity contribution < 1.29 is 21.7 Å². The number of hydrogen-bond donors (Lipinski definition) is 1. The molecule has 4 rings (SSSR count). The fourth-order valence-corrected chi connectivity index (χ4v) is 6.87. The lowest BCUT2D eigenvalue weighted by Gasteiger charge is -2.57. The van der Waals surface area contributed by atoms with Gasteiger partial charge < -0.3 is 8.92 Å². The first kappa shape index (κ1) is 20.0. The van der Waals surface area contributed by atoms with Crippen LogP contribution in [-0.2, 0) is 16.7 Å². The second-order valence-corrected chi connectivity index (χ2v) is 10.2. The van der Waals surface area contributed by atoms with E-state index in [4.69, 9.17) is 14.1 Å². The van der Waals surface area contributed by atoms with Gasteiger partial charge in [-0.1, -0.05) is 13.3 Å². The van der Waals surface area contributed by atoms with Crippen LogP contribution < -0.4 is 14.1 Å². The van der Waals surface area contributed by atoms with Crippen LogP contribution in [0.4, 0.5) is 4.39 Å². The molecule has 0 bridgehead atoms. The third kappa shape index (κ3) is 3.30. The lowest BCUT2D eigenvalue weighted by Crippen LogP contribution is -2.49. The van der Waals surface area contributed by atoms with Gasteiger partial charge in [0.2, 0.25) is 0 Å². The highest BCUT2D eigenvalue weighted by Crippen LogP contribution is 2.61. The smallest absolute Gasteiger partial charge is 0.380 e. The monoisotopic (exact) mass is 411 g/mol. The minimum absolute atomic E-state index is 0.104. The fourth-order valence-electron chi connectivity index (χ4n) is 6.49. The Kier molecular flexibility index (Phi) is 5.11. The lowest BCUT2D eigenvalue weighted by molar-refractivity contribution is -0.0571. The van der Waals surface area contributed by atoms with Crippen molar-refractivity contribution in [1.82, 2.24) is 0 Å². The van der Waals surface area contributed by atoms with Crippen LogP contribution in [0, 0.1) is 23.2 Å². The van der Waals surface area contributed by atoms with Crippen molar-refractivity contribution in [1.29, 1.82) is 0 Å². The molecule has 0 spiro atoms. The maximum atomic E-state index is 13.7. The lowest BCUT2D eigenvalue weighted by atomic mass is 9.48. The van der Waals surface area contributed by atoms with Crippen LogP contribution in [0.5, 0.6) is 11.5 Å². The normalized spacial score (nSPS) is 34.7. The summed E-state index contributed by atoms with van der Waals surface area (Å²) in [4.78, 5) is 0. The molecular weight excluding hydrogens is 381 g/mol. The predicted octanol–water partition coefficient (Wildman–Crippen LogP) is 4.11. The maximum absolute atomic E-state index is 13.7. The highest BCUT2D eigenvalue weighted by atomic mass is 32.2. The molecule has 156 valence electrons. The number of nitrogens with two attached hydrogens (primary N) is 1. The van der Waals surface area contributed by atoms with Gasteiger partial charge in [0.1, 0.15) is 0 Å². The van der Waals surface area contributed by atoms with Crippen LogP contribution in [0.1, 0.15) is 62.5 Å². The molecule has 2 N–H and O–H groups in total. The molecule has 28 heavy (non-hydrogen) atoms. The van der Waals surface area contributed by atoms with Crippen LogP contribution in [0.25, 0.3) is 0 Å². The molecule has 1 aromatic rings. The van der Waals surface area contributed by atoms with E-state index in [0.717, 1.165) is 44.1 Å². The molecule has 0 radical (unpaired) electrons. The van der Waals surface area contributed by atoms with Crippen LogP contribution in [0.2, 0.25) is 0 Å². The molecule has 0 aromatic heterocycles. The van der Waals surface area contributed by atoms with Gasteiger partial charge in [-0.05, 0) is 90.9 Å². The van der Waals surface area contributed by atoms with Gasteiger partial charge in [-0.25, -0.2) is 0 Å². The highest BCUT2D eigenvalue weighted by Gasteiger charge is 2.52. The summed E-state index contributed by atoms with van der Waals surface area (Å²) in [7, 11) is -2.61. The number of ether oxygens (including phenoxy) is 1. The van der Waals surface area contributed by atoms with Crippen molar-refractivity contribution >= 4 is 10.3 Å². The van der Waals surface area contributed by atoms with Gasteiger partial charge in [0.25, 0.3) is 0 Å². The summed E-state index contributed by atoms with van der Waals surface area (Å²) < 4.78 is 46.9. The zero-order valence-corrected chi connectivity index (χ0v) is 17.4. The van der Waals surface area contributed by atoms with Crippen molar-refractivity contribution in [2.75, 3.05) is 13.8 Å². The van der Waals surface area contributed by atoms with E-state index in [2.05, 4.69) is 6.92 Å². The molecule has 3 aliphatic rings. The molecule has 0 amide bonds. The Hall–Kier alpha value is -1.34. The van der Waals surface area contributed by atoms with Crippen molar-refractivity contribution in [3.8, 4) is 11.5 Å². The van der Waals surface area contributed by atoms with E-state index in [9.17, 15) is 12.8 Å². The fraction of sp³-hybridized carbons (Fsp3) is 0.714. The van der Waals surface area contributed by atoms with E-state index in [-0.39, 0.29) is 23.8 Å². The number of rotatable bonds is 4. The summed E-state index contributed by atoms with van der Waals surface area (Å²) in [5.41, 5.74) is 2.45. The first-order valence-electron chi connectivity index (χ1n) is 10.3. The molecule has 2 saturated carbocycles. The molecule has 2 fully saturated rings. The van der Waals surface area contributed by atoms with Crippen molar-refractivity contribution in [2.45, 2.75) is 57.8 Å². The average molecular weight is 412 g/mol. The number of benzene rings is 1. The van der Waals surface area contributed by atoms with E-state index in [0.29, 0.717) is 23.5 Å². The molecule has 5 nitrogen and oxygen atoms in total. The van der Waals surface area contributed by atoms with E-state index < -0.39 is 10.3 Å². The SMILES string of the molecule is COc1cc2c(cc1OS(N)(=O)=O)CC[C@@H]1[C@@H]2CC[C@]2(C)C(CF)CCC[C@@H]12. The second-order valence-electron chi connectivity index (χ2n) is 9.02. The van der Waals surface area contributed by atoms with Gasteiger partial charge in [0.15, 0.2) is 11.5 Å². The number of halogens is 1. The summed E-state index contributed by atoms with van der Waals surface area (Å²) in [5.74, 6) is 2.26. The number of alkyl halides is 1. The van der Waals surface area contributed by atoms with Gasteiger partial charge >= 0.3 is 10.3 Å². The van der Waals surface area contributed by atoms with Gasteiger partial charge in [0.05, 0.1) is 13.8 Å². The molecular formula is C21H30FNO4S. The molecule has 0 saturated heterocycles. The second kappa shape index (κ2) is 7.17. The molecule has 7 heteroatoms. The quantitative estimate of drug-likeness (QED) is 0.809. The van der Waals surface area contributed by atoms with E-state index in [1.54, 1.807) is 6.07 Å². The Morgan fingerprint density at radius 2 is 2.00 bits per heavy atom. The molecule has 5 atom stereocenters. The van der Waals surface area contributed by atoms with E-state index >= 15 is 0 Å². The van der Waals surface area contributed by atoms with Gasteiger partial charge in [-0.3, -0.25) is 4.39 Å². The Bertz CT molecular complexity index is 858. The summed E-state index contributed by atoms with van der Waals surface area (Å²) in [6.07, 6.45) is 7.33. The number of methoxy groups -OCH3 is 1. The molecule has 0 heterocycles. The molecule has 1 aromatic carbocycles. The Balaban J connectivity index is 1.69. The van der Waals surface area contributed by atoms with Crippen LogP contribution in [-0.4, -0.2) is 22.2 Å². The number of hydrogen-bond acceptors (Lipinski definition) is 4. The number of aryl methyl sites for hydroxylation is 1.